The summed E-state index contributed by atoms with van der Waals surface area (Å²) in [5.74, 6) is 0.252. The molecule has 86 valence electrons. The first kappa shape index (κ1) is 12.7. The second kappa shape index (κ2) is 5.62. The van der Waals surface area contributed by atoms with Crippen LogP contribution in [0.25, 0.3) is 0 Å². The van der Waals surface area contributed by atoms with Crippen LogP contribution >= 0.6 is 0 Å². The van der Waals surface area contributed by atoms with Gasteiger partial charge in [0.2, 0.25) is 0 Å². The maximum Gasteiger partial charge on any atom is 0.126 e. The average Bonchev–Trinajstić information content (AvgIpc) is 2.23. The molecule has 0 saturated heterocycles. The van der Waals surface area contributed by atoms with Gasteiger partial charge in [-0.15, -0.1) is 0 Å². The minimum atomic E-state index is -0.360. The quantitative estimate of drug-likeness (QED) is 0.846. The predicted molar refractivity (Wildman–Crippen MR) is 62.3 cm³/mol. The maximum atomic E-state index is 13.1. The van der Waals surface area contributed by atoms with Crippen molar-refractivity contribution in [2.45, 2.75) is 26.8 Å². The first-order valence-corrected chi connectivity index (χ1v) is 5.43. The molecule has 0 aliphatic carbocycles. The summed E-state index contributed by atoms with van der Waals surface area (Å²) >= 11 is 0. The third-order valence-corrected chi connectivity index (χ3v) is 2.37. The number of rotatable bonds is 4. The first-order valence-electron chi connectivity index (χ1n) is 5.43. The standard InChI is InChI=1S/C13H17FN2/c1-9(2)8-16-13(7-15)11-4-5-12(14)10(3)6-11/h4-6,9,13,16H,8H2,1-3H3. The minimum absolute atomic E-state index is 0.232. The zero-order valence-corrected chi connectivity index (χ0v) is 9.92. The summed E-state index contributed by atoms with van der Waals surface area (Å²) < 4.78 is 13.1. The molecule has 0 aliphatic heterocycles. The van der Waals surface area contributed by atoms with Crippen molar-refractivity contribution in [1.82, 2.24) is 5.32 Å². The highest BCUT2D eigenvalue weighted by Gasteiger charge is 2.11. The van der Waals surface area contributed by atoms with Crippen molar-refractivity contribution >= 4 is 0 Å². The normalized spacial score (nSPS) is 12.5. The van der Waals surface area contributed by atoms with Gasteiger partial charge in [-0.2, -0.15) is 5.26 Å². The van der Waals surface area contributed by atoms with Gasteiger partial charge in [-0.25, -0.2) is 4.39 Å². The van der Waals surface area contributed by atoms with E-state index in [1.165, 1.54) is 6.07 Å². The van der Waals surface area contributed by atoms with Crippen molar-refractivity contribution in [3.63, 3.8) is 0 Å². The van der Waals surface area contributed by atoms with Crippen molar-refractivity contribution in [2.75, 3.05) is 6.54 Å². The predicted octanol–water partition coefficient (Wildman–Crippen LogP) is 2.94. The van der Waals surface area contributed by atoms with E-state index in [-0.39, 0.29) is 11.9 Å². The van der Waals surface area contributed by atoms with Gasteiger partial charge in [0.15, 0.2) is 0 Å². The summed E-state index contributed by atoms with van der Waals surface area (Å²) in [6.45, 7) is 6.64. The smallest absolute Gasteiger partial charge is 0.126 e. The Morgan fingerprint density at radius 2 is 2.12 bits per heavy atom. The zero-order valence-electron chi connectivity index (χ0n) is 9.92. The molecule has 0 bridgehead atoms. The van der Waals surface area contributed by atoms with E-state index in [0.29, 0.717) is 11.5 Å². The summed E-state index contributed by atoms with van der Waals surface area (Å²) in [7, 11) is 0. The molecule has 1 N–H and O–H groups in total. The fourth-order valence-corrected chi connectivity index (χ4v) is 1.44. The lowest BCUT2D eigenvalue weighted by Crippen LogP contribution is -2.24. The SMILES string of the molecule is Cc1cc(C(C#N)NCC(C)C)ccc1F. The Morgan fingerprint density at radius 1 is 1.44 bits per heavy atom. The molecule has 0 heterocycles. The molecular weight excluding hydrogens is 203 g/mol. The van der Waals surface area contributed by atoms with Crippen LogP contribution in [0.1, 0.15) is 31.0 Å². The highest BCUT2D eigenvalue weighted by Crippen LogP contribution is 2.16. The van der Waals surface area contributed by atoms with E-state index in [4.69, 9.17) is 5.26 Å². The largest absolute Gasteiger partial charge is 0.298 e. The van der Waals surface area contributed by atoms with Crippen molar-refractivity contribution in [1.29, 1.82) is 5.26 Å². The molecule has 16 heavy (non-hydrogen) atoms. The van der Waals surface area contributed by atoms with Crippen molar-refractivity contribution < 1.29 is 4.39 Å². The molecule has 1 unspecified atom stereocenters. The van der Waals surface area contributed by atoms with E-state index in [9.17, 15) is 4.39 Å². The van der Waals surface area contributed by atoms with E-state index in [1.807, 2.05) is 0 Å². The summed E-state index contributed by atoms with van der Waals surface area (Å²) in [6, 6.07) is 6.61. The monoisotopic (exact) mass is 220 g/mol. The molecule has 1 rings (SSSR count). The van der Waals surface area contributed by atoms with Crippen LogP contribution in [0.4, 0.5) is 4.39 Å². The van der Waals surface area contributed by atoms with Gasteiger partial charge in [-0.1, -0.05) is 26.0 Å². The Hall–Kier alpha value is -1.40. The summed E-state index contributed by atoms with van der Waals surface area (Å²) in [5.41, 5.74) is 1.39. The number of benzene rings is 1. The average molecular weight is 220 g/mol. The van der Waals surface area contributed by atoms with Gasteiger partial charge in [0.05, 0.1) is 6.07 Å². The Bertz CT molecular complexity index is 393. The minimum Gasteiger partial charge on any atom is -0.298 e. The third kappa shape index (κ3) is 3.32. The Morgan fingerprint density at radius 3 is 2.62 bits per heavy atom. The summed E-state index contributed by atoms with van der Waals surface area (Å²) in [6.07, 6.45) is 0. The Labute approximate surface area is 96.1 Å². The number of nitriles is 1. The summed E-state index contributed by atoms with van der Waals surface area (Å²) in [5, 5.41) is 12.2. The fraction of sp³-hybridized carbons (Fsp3) is 0.462. The van der Waals surface area contributed by atoms with Gasteiger partial charge in [-0.05, 0) is 36.6 Å². The van der Waals surface area contributed by atoms with E-state index in [1.54, 1.807) is 19.1 Å². The van der Waals surface area contributed by atoms with E-state index in [2.05, 4.69) is 25.2 Å². The lowest BCUT2D eigenvalue weighted by Gasteiger charge is -2.14. The second-order valence-corrected chi connectivity index (χ2v) is 4.37. The van der Waals surface area contributed by atoms with Gasteiger partial charge in [0, 0.05) is 0 Å². The van der Waals surface area contributed by atoms with E-state index in [0.717, 1.165) is 12.1 Å². The number of nitrogens with one attached hydrogen (secondary N) is 1. The number of nitrogens with zero attached hydrogens (tertiary/aromatic N) is 1. The third-order valence-electron chi connectivity index (χ3n) is 2.37. The fourth-order valence-electron chi connectivity index (χ4n) is 1.44. The molecule has 0 amide bonds. The molecule has 0 aromatic heterocycles. The Kier molecular flexibility index (Phi) is 4.45. The van der Waals surface area contributed by atoms with Crippen LogP contribution in [0, 0.1) is 30.0 Å². The van der Waals surface area contributed by atoms with Crippen molar-refractivity contribution in [2.24, 2.45) is 5.92 Å². The van der Waals surface area contributed by atoms with Gasteiger partial charge in [0.1, 0.15) is 11.9 Å². The maximum absolute atomic E-state index is 13.1. The van der Waals surface area contributed by atoms with E-state index < -0.39 is 0 Å². The van der Waals surface area contributed by atoms with Gasteiger partial charge in [0.25, 0.3) is 0 Å². The number of hydrogen-bond donors (Lipinski definition) is 1. The molecule has 3 heteroatoms. The number of aryl methyl sites for hydroxylation is 1. The van der Waals surface area contributed by atoms with Crippen LogP contribution in [0.5, 0.6) is 0 Å². The highest BCUT2D eigenvalue weighted by molar-refractivity contribution is 5.29. The molecule has 0 fully saturated rings. The molecular formula is C13H17FN2. The molecule has 0 saturated carbocycles. The summed E-state index contributed by atoms with van der Waals surface area (Å²) in [4.78, 5) is 0. The lowest BCUT2D eigenvalue weighted by molar-refractivity contribution is 0.524. The first-order chi connectivity index (χ1) is 7.54. The van der Waals surface area contributed by atoms with Crippen LogP contribution in [-0.2, 0) is 0 Å². The van der Waals surface area contributed by atoms with Gasteiger partial charge >= 0.3 is 0 Å². The Balaban J connectivity index is 2.80. The molecule has 0 spiro atoms. The van der Waals surface area contributed by atoms with Crippen LogP contribution < -0.4 is 5.32 Å². The van der Waals surface area contributed by atoms with Crippen LogP contribution in [0.3, 0.4) is 0 Å². The van der Waals surface area contributed by atoms with Crippen LogP contribution in [0.15, 0.2) is 18.2 Å². The zero-order chi connectivity index (χ0) is 12.1. The lowest BCUT2D eigenvalue weighted by atomic mass is 10.0. The second-order valence-electron chi connectivity index (χ2n) is 4.37. The molecule has 0 radical (unpaired) electrons. The van der Waals surface area contributed by atoms with Crippen molar-refractivity contribution in [3.8, 4) is 6.07 Å². The number of hydrogen-bond acceptors (Lipinski definition) is 2. The van der Waals surface area contributed by atoms with Crippen LogP contribution in [-0.4, -0.2) is 6.54 Å². The van der Waals surface area contributed by atoms with E-state index >= 15 is 0 Å². The molecule has 2 nitrogen and oxygen atoms in total. The molecule has 1 atom stereocenters. The van der Waals surface area contributed by atoms with Crippen molar-refractivity contribution in [3.05, 3.63) is 35.1 Å². The van der Waals surface area contributed by atoms with Gasteiger partial charge in [-0.3, -0.25) is 5.32 Å². The topological polar surface area (TPSA) is 35.8 Å². The van der Waals surface area contributed by atoms with Gasteiger partial charge < -0.3 is 0 Å². The molecule has 0 aliphatic rings. The van der Waals surface area contributed by atoms with Crippen LogP contribution in [0.2, 0.25) is 0 Å². The molecule has 1 aromatic carbocycles. The number of halogens is 1. The molecule has 1 aromatic rings. The highest BCUT2D eigenvalue weighted by atomic mass is 19.1.